The molecule has 0 aromatic heterocycles. The molecule has 2 rings (SSSR count). The molecule has 0 amide bonds. The summed E-state index contributed by atoms with van der Waals surface area (Å²) in [6.07, 6.45) is 1.90. The van der Waals surface area contributed by atoms with Crippen molar-refractivity contribution in [3.8, 4) is 5.75 Å². The molecule has 27 heavy (non-hydrogen) atoms. The third kappa shape index (κ3) is 6.77. The molecule has 0 bridgehead atoms. The van der Waals surface area contributed by atoms with E-state index < -0.39 is 11.9 Å². The van der Waals surface area contributed by atoms with Gasteiger partial charge in [-0.1, -0.05) is 26.8 Å². The van der Waals surface area contributed by atoms with E-state index in [1.807, 2.05) is 6.92 Å². The van der Waals surface area contributed by atoms with Crippen LogP contribution in [0.2, 0.25) is 0 Å². The number of phenolic OH excluding ortho intramolecular Hbond substituents is 1. The summed E-state index contributed by atoms with van der Waals surface area (Å²) in [4.78, 5) is 23.5. The standard InChI is InChI=1S/C16H24N2O.C4H4O4/c1-10-8-13(16(3,4)5)15(19)11(2)12(10)9-14-17-6-7-18-14;5-3(6)1-2-4(7)8/h8,19H,6-7,9H2,1-5H3,(H,17,18);1-2H,(H,5,6)(H,7,8)/b;2-1+. The predicted octanol–water partition coefficient (Wildman–Crippen LogP) is 2.56. The Morgan fingerprint density at radius 1 is 1.19 bits per heavy atom. The van der Waals surface area contributed by atoms with Crippen molar-refractivity contribution in [1.29, 1.82) is 0 Å². The van der Waals surface area contributed by atoms with Crippen LogP contribution in [0.25, 0.3) is 0 Å². The van der Waals surface area contributed by atoms with Crippen molar-refractivity contribution >= 4 is 17.8 Å². The van der Waals surface area contributed by atoms with Crippen LogP contribution in [0.15, 0.2) is 23.2 Å². The molecule has 0 unspecified atom stereocenters. The van der Waals surface area contributed by atoms with E-state index in [-0.39, 0.29) is 5.41 Å². The Kier molecular flexibility index (Phi) is 7.57. The van der Waals surface area contributed by atoms with Crippen molar-refractivity contribution in [1.82, 2.24) is 5.32 Å². The van der Waals surface area contributed by atoms with Crippen molar-refractivity contribution < 1.29 is 24.9 Å². The van der Waals surface area contributed by atoms with E-state index in [0.29, 0.717) is 17.9 Å². The highest BCUT2D eigenvalue weighted by molar-refractivity contribution is 5.89. The fourth-order valence-electron chi connectivity index (χ4n) is 2.73. The van der Waals surface area contributed by atoms with Crippen LogP contribution >= 0.6 is 0 Å². The predicted molar refractivity (Wildman–Crippen MR) is 105 cm³/mol. The maximum absolute atomic E-state index is 10.5. The number of aliphatic carboxylic acids is 2. The first-order valence-electron chi connectivity index (χ1n) is 8.67. The van der Waals surface area contributed by atoms with Crippen molar-refractivity contribution in [2.75, 3.05) is 13.1 Å². The number of carbonyl (C=O) groups is 2. The summed E-state index contributed by atoms with van der Waals surface area (Å²) in [5.74, 6) is -1.04. The van der Waals surface area contributed by atoms with E-state index >= 15 is 0 Å². The summed E-state index contributed by atoms with van der Waals surface area (Å²) in [5, 5.41) is 29.4. The number of rotatable bonds is 4. The lowest BCUT2D eigenvalue weighted by molar-refractivity contribution is -0.134. The second-order valence-corrected chi connectivity index (χ2v) is 7.38. The van der Waals surface area contributed by atoms with Crippen molar-refractivity contribution in [2.45, 2.75) is 46.5 Å². The SMILES string of the molecule is Cc1cc(C(C)(C)C)c(O)c(C)c1CC1=NCCN1.O=C(O)/C=C/C(=O)O. The van der Waals surface area contributed by atoms with Crippen molar-refractivity contribution in [2.24, 2.45) is 4.99 Å². The minimum Gasteiger partial charge on any atom is -0.507 e. The second-order valence-electron chi connectivity index (χ2n) is 7.38. The Labute approximate surface area is 159 Å². The third-order valence-corrected chi connectivity index (χ3v) is 4.16. The smallest absolute Gasteiger partial charge is 0.328 e. The van der Waals surface area contributed by atoms with Gasteiger partial charge in [-0.3, -0.25) is 4.99 Å². The maximum atomic E-state index is 10.5. The number of aliphatic imine (C=N–C) groups is 1. The summed E-state index contributed by atoms with van der Waals surface area (Å²) >= 11 is 0. The molecule has 0 atom stereocenters. The van der Waals surface area contributed by atoms with Gasteiger partial charge in [0.15, 0.2) is 0 Å². The van der Waals surface area contributed by atoms with Crippen LogP contribution in [0, 0.1) is 13.8 Å². The summed E-state index contributed by atoms with van der Waals surface area (Å²) in [6.45, 7) is 12.3. The molecule has 4 N–H and O–H groups in total. The molecule has 0 aliphatic carbocycles. The first-order valence-corrected chi connectivity index (χ1v) is 8.67. The van der Waals surface area contributed by atoms with Gasteiger partial charge < -0.3 is 20.6 Å². The van der Waals surface area contributed by atoms with Gasteiger partial charge in [0.05, 0.1) is 6.54 Å². The van der Waals surface area contributed by atoms with Gasteiger partial charge in [-0.05, 0) is 41.5 Å². The monoisotopic (exact) mass is 376 g/mol. The number of hydrogen-bond donors (Lipinski definition) is 4. The normalized spacial score (nSPS) is 13.6. The molecule has 1 heterocycles. The largest absolute Gasteiger partial charge is 0.507 e. The fraction of sp³-hybridized carbons (Fsp3) is 0.450. The number of nitrogens with one attached hydrogen (secondary N) is 1. The average molecular weight is 376 g/mol. The lowest BCUT2D eigenvalue weighted by Crippen LogP contribution is -2.22. The highest BCUT2D eigenvalue weighted by atomic mass is 16.4. The molecular formula is C20H28N2O5. The molecule has 1 aliphatic heterocycles. The number of carboxylic acids is 2. The zero-order valence-electron chi connectivity index (χ0n) is 16.5. The lowest BCUT2D eigenvalue weighted by Gasteiger charge is -2.24. The molecule has 1 aromatic rings. The van der Waals surface area contributed by atoms with Gasteiger partial charge in [0, 0.05) is 25.1 Å². The molecule has 148 valence electrons. The fourth-order valence-corrected chi connectivity index (χ4v) is 2.73. The van der Waals surface area contributed by atoms with E-state index in [1.54, 1.807) is 0 Å². The van der Waals surface area contributed by atoms with Crippen LogP contribution in [-0.4, -0.2) is 46.2 Å². The number of aromatic hydroxyl groups is 1. The van der Waals surface area contributed by atoms with Crippen LogP contribution in [0.3, 0.4) is 0 Å². The van der Waals surface area contributed by atoms with Gasteiger partial charge in [0.1, 0.15) is 11.6 Å². The number of benzene rings is 1. The van der Waals surface area contributed by atoms with Crippen LogP contribution in [0.5, 0.6) is 5.75 Å². The first kappa shape index (κ1) is 22.2. The summed E-state index contributed by atoms with van der Waals surface area (Å²) in [5.41, 5.74) is 4.39. The van der Waals surface area contributed by atoms with Gasteiger partial charge in [0.25, 0.3) is 0 Å². The van der Waals surface area contributed by atoms with Crippen molar-refractivity contribution in [3.05, 3.63) is 40.5 Å². The minimum absolute atomic E-state index is 0.0404. The zero-order valence-corrected chi connectivity index (χ0v) is 16.5. The van der Waals surface area contributed by atoms with Gasteiger partial charge in [0.2, 0.25) is 0 Å². The Morgan fingerprint density at radius 3 is 2.15 bits per heavy atom. The highest BCUT2D eigenvalue weighted by Crippen LogP contribution is 2.36. The molecular weight excluding hydrogens is 348 g/mol. The van der Waals surface area contributed by atoms with Gasteiger partial charge in [-0.2, -0.15) is 0 Å². The van der Waals surface area contributed by atoms with Gasteiger partial charge in [-0.25, -0.2) is 9.59 Å². The number of aryl methyl sites for hydroxylation is 1. The summed E-state index contributed by atoms with van der Waals surface area (Å²) in [7, 11) is 0. The second kappa shape index (κ2) is 9.21. The number of phenols is 1. The molecule has 7 heteroatoms. The molecule has 0 saturated heterocycles. The number of nitrogens with zero attached hydrogens (tertiary/aromatic N) is 1. The van der Waals surface area contributed by atoms with Crippen LogP contribution < -0.4 is 5.32 Å². The molecule has 0 radical (unpaired) electrons. The Hall–Kier alpha value is -2.83. The molecule has 7 nitrogen and oxygen atoms in total. The minimum atomic E-state index is -1.26. The first-order chi connectivity index (χ1) is 12.4. The van der Waals surface area contributed by atoms with Crippen molar-refractivity contribution in [3.63, 3.8) is 0 Å². The number of hydrogen-bond acceptors (Lipinski definition) is 5. The van der Waals surface area contributed by atoms with Crippen LogP contribution in [-0.2, 0) is 21.4 Å². The Balaban J connectivity index is 0.000000387. The Bertz CT molecular complexity index is 758. The zero-order chi connectivity index (χ0) is 20.8. The van der Waals surface area contributed by atoms with E-state index in [0.717, 1.165) is 36.5 Å². The van der Waals surface area contributed by atoms with E-state index in [4.69, 9.17) is 10.2 Å². The Morgan fingerprint density at radius 2 is 1.74 bits per heavy atom. The summed E-state index contributed by atoms with van der Waals surface area (Å²) < 4.78 is 0. The summed E-state index contributed by atoms with van der Waals surface area (Å²) in [6, 6.07) is 2.12. The molecule has 0 fully saturated rings. The lowest BCUT2D eigenvalue weighted by atomic mass is 9.82. The number of amidine groups is 1. The average Bonchev–Trinajstić information content (AvgIpc) is 3.05. The molecule has 1 aliphatic rings. The van der Waals surface area contributed by atoms with E-state index in [2.05, 4.69) is 44.1 Å². The number of carboxylic acid groups (broad SMARTS) is 2. The van der Waals surface area contributed by atoms with Gasteiger partial charge in [-0.15, -0.1) is 0 Å². The molecule has 0 saturated carbocycles. The van der Waals surface area contributed by atoms with E-state index in [1.165, 1.54) is 11.1 Å². The van der Waals surface area contributed by atoms with Crippen LogP contribution in [0.1, 0.15) is 43.0 Å². The quantitative estimate of drug-likeness (QED) is 0.600. The molecule has 0 spiro atoms. The molecule has 1 aromatic carbocycles. The van der Waals surface area contributed by atoms with Crippen LogP contribution in [0.4, 0.5) is 0 Å². The highest BCUT2D eigenvalue weighted by Gasteiger charge is 2.22. The van der Waals surface area contributed by atoms with E-state index in [9.17, 15) is 14.7 Å². The van der Waals surface area contributed by atoms with Gasteiger partial charge >= 0.3 is 11.9 Å². The third-order valence-electron chi connectivity index (χ3n) is 4.16. The maximum Gasteiger partial charge on any atom is 0.328 e. The topological polar surface area (TPSA) is 119 Å².